The highest BCUT2D eigenvalue weighted by molar-refractivity contribution is 5.89. The second-order valence-electron chi connectivity index (χ2n) is 10.2. The average molecular weight is 526 g/mol. The zero-order valence-electron chi connectivity index (χ0n) is 21.7. The van der Waals surface area contributed by atoms with Gasteiger partial charge in [0.25, 0.3) is 0 Å². The number of halogens is 1. The van der Waals surface area contributed by atoms with Crippen LogP contribution in [0.15, 0.2) is 43.0 Å². The zero-order valence-corrected chi connectivity index (χ0v) is 21.7. The quantitative estimate of drug-likeness (QED) is 0.449. The summed E-state index contributed by atoms with van der Waals surface area (Å²) in [5, 5.41) is 3.46. The molecule has 1 N–H and O–H groups in total. The number of ether oxygens (including phenoxy) is 3. The summed E-state index contributed by atoms with van der Waals surface area (Å²) >= 11 is 0. The van der Waals surface area contributed by atoms with Crippen LogP contribution >= 0.6 is 0 Å². The van der Waals surface area contributed by atoms with Gasteiger partial charge in [0.15, 0.2) is 34.5 Å². The Morgan fingerprint density at radius 2 is 1.87 bits per heavy atom. The van der Waals surface area contributed by atoms with Crippen molar-refractivity contribution in [2.24, 2.45) is 0 Å². The van der Waals surface area contributed by atoms with Crippen molar-refractivity contribution < 1.29 is 28.2 Å². The molecular weight excluding hydrogens is 493 g/mol. The Hall–Kier alpha value is -3.60. The van der Waals surface area contributed by atoms with Gasteiger partial charge in [-0.1, -0.05) is 37.5 Å². The number of imidazole rings is 1. The summed E-state index contributed by atoms with van der Waals surface area (Å²) in [4.78, 5) is 37.8. The van der Waals surface area contributed by atoms with E-state index in [-0.39, 0.29) is 12.6 Å². The molecule has 11 heteroatoms. The van der Waals surface area contributed by atoms with Gasteiger partial charge in [-0.15, -0.1) is 0 Å². The largest absolute Gasteiger partial charge is 0.459 e. The number of alkyl halides is 1. The second kappa shape index (κ2) is 10.3. The second-order valence-corrected chi connectivity index (χ2v) is 10.2. The molecule has 3 aromatic rings. The Labute approximate surface area is 219 Å². The normalized spacial score (nSPS) is 27.8. The Morgan fingerprint density at radius 1 is 1.13 bits per heavy atom. The molecule has 1 saturated carbocycles. The number of carbonyl (C=O) groups is 2. The van der Waals surface area contributed by atoms with E-state index in [9.17, 15) is 9.59 Å². The van der Waals surface area contributed by atoms with Gasteiger partial charge in [-0.25, -0.2) is 24.1 Å². The standard InChI is InChI=1S/C27H32FN5O5/c1-17(34)38-27(3)20(14-36-24(35)18-10-6-4-7-11-18)37-25(26(27,2)28)33-16-31-21-22(29-15-30-23(21)33)32-19-12-8-5-9-13-19/h4,6-7,10-11,15-16,19-20,25H,5,8-9,12-14H2,1-3H3,(H,29,30,32)/t20-,25-,26+,27-/m1/s1. The SMILES string of the molecule is CC(=O)O[C@]1(C)[C@@H](COC(=O)c2ccccc2)O[C@@H](n2cnc3c(NC4CCCCC4)ncnc32)[C@]1(C)F. The summed E-state index contributed by atoms with van der Waals surface area (Å²) in [7, 11) is 0. The van der Waals surface area contributed by atoms with Gasteiger partial charge in [-0.05, 0) is 38.8 Å². The van der Waals surface area contributed by atoms with Crippen LogP contribution in [0.4, 0.5) is 10.2 Å². The molecule has 3 heterocycles. The molecule has 0 bridgehead atoms. The third kappa shape index (κ3) is 4.70. The molecule has 38 heavy (non-hydrogen) atoms. The van der Waals surface area contributed by atoms with E-state index >= 15 is 4.39 Å². The molecule has 1 saturated heterocycles. The molecule has 4 atom stereocenters. The third-order valence-electron chi connectivity index (χ3n) is 7.63. The van der Waals surface area contributed by atoms with Crippen molar-refractivity contribution in [2.45, 2.75) is 82.5 Å². The first kappa shape index (κ1) is 26.0. The van der Waals surface area contributed by atoms with Crippen molar-refractivity contribution in [2.75, 3.05) is 11.9 Å². The van der Waals surface area contributed by atoms with Crippen LogP contribution in [-0.4, -0.2) is 61.5 Å². The molecule has 0 spiro atoms. The monoisotopic (exact) mass is 525 g/mol. The maximum Gasteiger partial charge on any atom is 0.338 e. The molecule has 2 fully saturated rings. The fourth-order valence-corrected chi connectivity index (χ4v) is 5.34. The summed E-state index contributed by atoms with van der Waals surface area (Å²) < 4.78 is 35.3. The molecule has 0 unspecified atom stereocenters. The van der Waals surface area contributed by atoms with Crippen LogP contribution in [0.3, 0.4) is 0 Å². The van der Waals surface area contributed by atoms with Crippen molar-refractivity contribution in [3.8, 4) is 0 Å². The van der Waals surface area contributed by atoms with Gasteiger partial charge >= 0.3 is 11.9 Å². The minimum absolute atomic E-state index is 0.289. The van der Waals surface area contributed by atoms with Crippen LogP contribution in [-0.2, 0) is 19.0 Å². The van der Waals surface area contributed by atoms with E-state index in [2.05, 4.69) is 20.3 Å². The van der Waals surface area contributed by atoms with E-state index in [1.165, 1.54) is 44.4 Å². The van der Waals surface area contributed by atoms with E-state index < -0.39 is 35.5 Å². The number of benzene rings is 1. The van der Waals surface area contributed by atoms with Crippen molar-refractivity contribution in [3.05, 3.63) is 48.5 Å². The van der Waals surface area contributed by atoms with Gasteiger partial charge in [-0.3, -0.25) is 9.36 Å². The lowest BCUT2D eigenvalue weighted by Crippen LogP contribution is -2.55. The number of fused-ring (bicyclic) bond motifs is 1. The predicted molar refractivity (Wildman–Crippen MR) is 136 cm³/mol. The van der Waals surface area contributed by atoms with E-state index in [1.807, 2.05) is 0 Å². The first-order valence-corrected chi connectivity index (χ1v) is 12.9. The van der Waals surface area contributed by atoms with Crippen LogP contribution in [0.1, 0.15) is 69.5 Å². The predicted octanol–water partition coefficient (Wildman–Crippen LogP) is 4.38. The van der Waals surface area contributed by atoms with E-state index in [0.717, 1.165) is 25.7 Å². The van der Waals surface area contributed by atoms with E-state index in [1.54, 1.807) is 30.3 Å². The van der Waals surface area contributed by atoms with Gasteiger partial charge in [0.2, 0.25) is 0 Å². The van der Waals surface area contributed by atoms with Crippen LogP contribution in [0.2, 0.25) is 0 Å². The summed E-state index contributed by atoms with van der Waals surface area (Å²) in [6.07, 6.45) is 6.11. The summed E-state index contributed by atoms with van der Waals surface area (Å²) in [6, 6.07) is 8.72. The van der Waals surface area contributed by atoms with Crippen LogP contribution < -0.4 is 5.32 Å². The zero-order chi connectivity index (χ0) is 26.9. The highest BCUT2D eigenvalue weighted by atomic mass is 19.1. The molecule has 5 rings (SSSR count). The number of esters is 2. The molecular formula is C27H32FN5O5. The lowest BCUT2D eigenvalue weighted by Gasteiger charge is -2.36. The summed E-state index contributed by atoms with van der Waals surface area (Å²) in [5.74, 6) is -0.699. The fraction of sp³-hybridized carbons (Fsp3) is 0.519. The maximum absolute atomic E-state index is 16.7. The number of nitrogens with one attached hydrogen (secondary N) is 1. The lowest BCUT2D eigenvalue weighted by molar-refractivity contribution is -0.175. The highest BCUT2D eigenvalue weighted by Gasteiger charge is 2.66. The van der Waals surface area contributed by atoms with Gasteiger partial charge in [0.1, 0.15) is 19.0 Å². The molecule has 1 aromatic carbocycles. The van der Waals surface area contributed by atoms with Crippen LogP contribution in [0.5, 0.6) is 0 Å². The average Bonchev–Trinajstić information content (AvgIpc) is 3.40. The van der Waals surface area contributed by atoms with E-state index in [0.29, 0.717) is 22.5 Å². The fourth-order valence-electron chi connectivity index (χ4n) is 5.34. The lowest BCUT2D eigenvalue weighted by atomic mass is 9.84. The van der Waals surface area contributed by atoms with Crippen molar-refractivity contribution in [1.82, 2.24) is 19.5 Å². The highest BCUT2D eigenvalue weighted by Crippen LogP contribution is 2.51. The van der Waals surface area contributed by atoms with Gasteiger partial charge in [0.05, 0.1) is 11.9 Å². The smallest absolute Gasteiger partial charge is 0.338 e. The van der Waals surface area contributed by atoms with Gasteiger partial charge in [-0.2, -0.15) is 0 Å². The van der Waals surface area contributed by atoms with Crippen molar-refractivity contribution in [3.63, 3.8) is 0 Å². The molecule has 0 radical (unpaired) electrons. The Kier molecular flexibility index (Phi) is 7.04. The Bertz CT molecular complexity index is 1310. The molecule has 1 aliphatic carbocycles. The van der Waals surface area contributed by atoms with Crippen LogP contribution in [0.25, 0.3) is 11.2 Å². The first-order valence-electron chi connectivity index (χ1n) is 12.9. The van der Waals surface area contributed by atoms with Crippen molar-refractivity contribution in [1.29, 1.82) is 0 Å². The summed E-state index contributed by atoms with van der Waals surface area (Å²) in [5.41, 5.74) is -2.80. The number of anilines is 1. The first-order chi connectivity index (χ1) is 18.2. The molecule has 0 amide bonds. The number of hydrogen-bond acceptors (Lipinski definition) is 9. The van der Waals surface area contributed by atoms with E-state index in [4.69, 9.17) is 14.2 Å². The Morgan fingerprint density at radius 3 is 2.58 bits per heavy atom. The molecule has 10 nitrogen and oxygen atoms in total. The molecule has 1 aliphatic heterocycles. The van der Waals surface area contributed by atoms with Gasteiger partial charge in [0, 0.05) is 13.0 Å². The Balaban J connectivity index is 1.43. The van der Waals surface area contributed by atoms with Gasteiger partial charge < -0.3 is 19.5 Å². The minimum Gasteiger partial charge on any atom is -0.459 e. The molecule has 202 valence electrons. The number of aromatic nitrogens is 4. The summed E-state index contributed by atoms with van der Waals surface area (Å²) in [6.45, 7) is 3.61. The van der Waals surface area contributed by atoms with Crippen LogP contribution in [0, 0.1) is 0 Å². The number of rotatable bonds is 7. The maximum atomic E-state index is 16.7. The minimum atomic E-state index is -2.24. The number of hydrogen-bond donors (Lipinski definition) is 1. The topological polar surface area (TPSA) is 117 Å². The molecule has 2 aromatic heterocycles. The third-order valence-corrected chi connectivity index (χ3v) is 7.63. The number of carbonyl (C=O) groups excluding carboxylic acids is 2. The van der Waals surface area contributed by atoms with Crippen molar-refractivity contribution >= 4 is 28.9 Å². The number of nitrogens with zero attached hydrogens (tertiary/aromatic N) is 4. The molecule has 2 aliphatic rings.